The summed E-state index contributed by atoms with van der Waals surface area (Å²) in [4.78, 5) is 11.9. The number of halogens is 1. The van der Waals surface area contributed by atoms with Crippen molar-refractivity contribution in [1.29, 1.82) is 0 Å². The van der Waals surface area contributed by atoms with Crippen molar-refractivity contribution in [2.24, 2.45) is 17.6 Å². The number of hydrogen-bond donors (Lipinski definition) is 2. The summed E-state index contributed by atoms with van der Waals surface area (Å²) in [6, 6.07) is 0.568. The molecule has 94 valence electrons. The van der Waals surface area contributed by atoms with Gasteiger partial charge in [-0.1, -0.05) is 19.8 Å². The minimum atomic E-state index is 0. The highest BCUT2D eigenvalue weighted by molar-refractivity contribution is 5.85. The molecule has 0 aromatic heterocycles. The number of carbonyl (C=O) groups is 1. The molecule has 3 N–H and O–H groups in total. The Balaban J connectivity index is 0.00000128. The Morgan fingerprint density at radius 1 is 1.44 bits per heavy atom. The average Bonchev–Trinajstić information content (AvgIpc) is 2.76. The van der Waals surface area contributed by atoms with E-state index >= 15 is 0 Å². The molecule has 0 radical (unpaired) electrons. The second-order valence-corrected chi connectivity index (χ2v) is 5.10. The number of carbonyl (C=O) groups excluding carboxylic acids is 1. The molecule has 0 aromatic rings. The van der Waals surface area contributed by atoms with E-state index in [0.29, 0.717) is 6.04 Å². The Morgan fingerprint density at radius 2 is 2.19 bits per heavy atom. The predicted octanol–water partition coefficient (Wildman–Crippen LogP) is 1.84. The molecule has 4 atom stereocenters. The molecule has 0 aromatic carbocycles. The van der Waals surface area contributed by atoms with Gasteiger partial charge in [0.05, 0.1) is 5.92 Å². The average molecular weight is 247 g/mol. The zero-order valence-corrected chi connectivity index (χ0v) is 10.8. The molecular weight excluding hydrogens is 224 g/mol. The molecule has 2 aliphatic rings. The first-order valence-electron chi connectivity index (χ1n) is 6.28. The van der Waals surface area contributed by atoms with Crippen molar-refractivity contribution in [3.05, 3.63) is 0 Å². The van der Waals surface area contributed by atoms with Crippen LogP contribution in [-0.4, -0.2) is 18.0 Å². The second-order valence-electron chi connectivity index (χ2n) is 5.10. The number of amides is 1. The van der Waals surface area contributed by atoms with E-state index < -0.39 is 0 Å². The van der Waals surface area contributed by atoms with E-state index in [2.05, 4.69) is 12.2 Å². The van der Waals surface area contributed by atoms with Gasteiger partial charge in [0.15, 0.2) is 0 Å². The normalized spacial score (nSPS) is 36.6. The highest BCUT2D eigenvalue weighted by Crippen LogP contribution is 2.35. The summed E-state index contributed by atoms with van der Waals surface area (Å²) < 4.78 is 0. The van der Waals surface area contributed by atoms with Crippen LogP contribution in [0.4, 0.5) is 0 Å². The quantitative estimate of drug-likeness (QED) is 0.795. The zero-order chi connectivity index (χ0) is 10.8. The third-order valence-corrected chi connectivity index (χ3v) is 3.82. The molecule has 0 spiro atoms. The van der Waals surface area contributed by atoms with Crippen LogP contribution < -0.4 is 11.1 Å². The maximum absolute atomic E-state index is 11.9. The summed E-state index contributed by atoms with van der Waals surface area (Å²) >= 11 is 0. The summed E-state index contributed by atoms with van der Waals surface area (Å²) in [6.45, 7) is 2.20. The largest absolute Gasteiger partial charge is 0.353 e. The molecule has 0 heterocycles. The van der Waals surface area contributed by atoms with Crippen molar-refractivity contribution in [1.82, 2.24) is 5.32 Å². The van der Waals surface area contributed by atoms with Gasteiger partial charge in [-0.25, -0.2) is 0 Å². The Bertz CT molecular complexity index is 247. The lowest BCUT2D eigenvalue weighted by Crippen LogP contribution is -2.39. The van der Waals surface area contributed by atoms with E-state index in [1.54, 1.807) is 0 Å². The SMILES string of the molecule is CCCC1CC1NC(=O)C1CCCC1N.Cl. The molecule has 2 saturated carbocycles. The lowest BCUT2D eigenvalue weighted by Gasteiger charge is -2.15. The summed E-state index contributed by atoms with van der Waals surface area (Å²) in [6.07, 6.45) is 6.77. The Kier molecular flexibility index (Phi) is 5.06. The minimum absolute atomic E-state index is 0. The fraction of sp³-hybridized carbons (Fsp3) is 0.917. The van der Waals surface area contributed by atoms with Gasteiger partial charge in [0.2, 0.25) is 5.91 Å². The van der Waals surface area contributed by atoms with Gasteiger partial charge in [-0.05, 0) is 31.6 Å². The molecule has 2 fully saturated rings. The lowest BCUT2D eigenvalue weighted by molar-refractivity contribution is -0.125. The van der Waals surface area contributed by atoms with Crippen LogP contribution in [0.1, 0.15) is 45.4 Å². The monoisotopic (exact) mass is 246 g/mol. The first kappa shape index (κ1) is 13.8. The van der Waals surface area contributed by atoms with Crippen molar-refractivity contribution in [3.63, 3.8) is 0 Å². The van der Waals surface area contributed by atoms with Gasteiger partial charge >= 0.3 is 0 Å². The third-order valence-electron chi connectivity index (χ3n) is 3.82. The van der Waals surface area contributed by atoms with Gasteiger partial charge in [0.1, 0.15) is 0 Å². The van der Waals surface area contributed by atoms with E-state index in [1.807, 2.05) is 0 Å². The number of nitrogens with two attached hydrogens (primary N) is 1. The Hall–Kier alpha value is -0.280. The van der Waals surface area contributed by atoms with Gasteiger partial charge in [0.25, 0.3) is 0 Å². The number of nitrogens with one attached hydrogen (secondary N) is 1. The van der Waals surface area contributed by atoms with Crippen LogP contribution in [-0.2, 0) is 4.79 Å². The smallest absolute Gasteiger partial charge is 0.224 e. The summed E-state index contributed by atoms with van der Waals surface area (Å²) in [5, 5.41) is 3.14. The summed E-state index contributed by atoms with van der Waals surface area (Å²) in [5.41, 5.74) is 5.91. The molecule has 16 heavy (non-hydrogen) atoms. The number of hydrogen-bond acceptors (Lipinski definition) is 2. The Labute approximate surface area is 104 Å². The molecule has 1 amide bonds. The van der Waals surface area contributed by atoms with Crippen molar-refractivity contribution < 1.29 is 4.79 Å². The van der Waals surface area contributed by atoms with Gasteiger partial charge < -0.3 is 11.1 Å². The summed E-state index contributed by atoms with van der Waals surface area (Å²) in [5.74, 6) is 1.05. The van der Waals surface area contributed by atoms with E-state index in [9.17, 15) is 4.79 Å². The minimum Gasteiger partial charge on any atom is -0.353 e. The van der Waals surface area contributed by atoms with Crippen molar-refractivity contribution in [2.75, 3.05) is 0 Å². The van der Waals surface area contributed by atoms with Crippen LogP contribution in [0.3, 0.4) is 0 Å². The molecule has 2 rings (SSSR count). The number of rotatable bonds is 4. The van der Waals surface area contributed by atoms with Crippen LogP contribution >= 0.6 is 12.4 Å². The first-order chi connectivity index (χ1) is 7.22. The van der Waals surface area contributed by atoms with Gasteiger partial charge in [-0.15, -0.1) is 12.4 Å². The maximum Gasteiger partial charge on any atom is 0.224 e. The van der Waals surface area contributed by atoms with E-state index in [1.165, 1.54) is 19.3 Å². The van der Waals surface area contributed by atoms with Crippen molar-refractivity contribution >= 4 is 18.3 Å². The van der Waals surface area contributed by atoms with Crippen LogP contribution in [0.2, 0.25) is 0 Å². The molecule has 0 aliphatic heterocycles. The van der Waals surface area contributed by atoms with Crippen molar-refractivity contribution in [3.8, 4) is 0 Å². The molecule has 4 heteroatoms. The Morgan fingerprint density at radius 3 is 2.75 bits per heavy atom. The first-order valence-corrected chi connectivity index (χ1v) is 6.28. The molecule has 3 nitrogen and oxygen atoms in total. The molecule has 0 bridgehead atoms. The third kappa shape index (κ3) is 3.11. The highest BCUT2D eigenvalue weighted by atomic mass is 35.5. The lowest BCUT2D eigenvalue weighted by atomic mass is 10.0. The summed E-state index contributed by atoms with van der Waals surface area (Å²) in [7, 11) is 0. The van der Waals surface area contributed by atoms with Gasteiger partial charge in [-0.3, -0.25) is 4.79 Å². The van der Waals surface area contributed by atoms with Crippen LogP contribution in [0, 0.1) is 11.8 Å². The zero-order valence-electron chi connectivity index (χ0n) is 9.95. The van der Waals surface area contributed by atoms with Gasteiger partial charge in [0, 0.05) is 12.1 Å². The molecular formula is C12H23ClN2O. The second kappa shape index (κ2) is 5.87. The maximum atomic E-state index is 11.9. The van der Waals surface area contributed by atoms with E-state index in [-0.39, 0.29) is 30.3 Å². The molecule has 0 saturated heterocycles. The predicted molar refractivity (Wildman–Crippen MR) is 67.5 cm³/mol. The van der Waals surface area contributed by atoms with Gasteiger partial charge in [-0.2, -0.15) is 0 Å². The van der Waals surface area contributed by atoms with Crippen molar-refractivity contribution in [2.45, 2.75) is 57.5 Å². The standard InChI is InChI=1S/C12H22N2O.ClH/c1-2-4-8-7-11(8)14-12(15)9-5-3-6-10(9)13;/h8-11H,2-7,13H2,1H3,(H,14,15);1H. The molecule has 4 unspecified atom stereocenters. The van der Waals surface area contributed by atoms with Crippen LogP contribution in [0.5, 0.6) is 0 Å². The van der Waals surface area contributed by atoms with Crippen LogP contribution in [0.15, 0.2) is 0 Å². The van der Waals surface area contributed by atoms with E-state index in [4.69, 9.17) is 5.73 Å². The topological polar surface area (TPSA) is 55.1 Å². The van der Waals surface area contributed by atoms with E-state index in [0.717, 1.165) is 25.2 Å². The molecule has 2 aliphatic carbocycles. The van der Waals surface area contributed by atoms with Crippen LogP contribution in [0.25, 0.3) is 0 Å². The highest BCUT2D eigenvalue weighted by Gasteiger charge is 2.39. The fourth-order valence-corrected chi connectivity index (χ4v) is 2.72. The fourth-order valence-electron chi connectivity index (χ4n) is 2.72.